The second-order valence-corrected chi connectivity index (χ2v) is 10.1. The Hall–Kier alpha value is -2.41. The summed E-state index contributed by atoms with van der Waals surface area (Å²) in [5, 5.41) is 60.3. The third kappa shape index (κ3) is 13.4. The standard InChI is InChI=1S/C31H46O10/c1-2-24-16-10-5-3-4-8-14-22(33)20-23(34)15-9-6-11-17-25(18-12-7-13-19-27(35)39-24)40-31-30(38)29(37)28(36)26(21-32)41-31/h3-4,6-9,11-14,17,19,22-26,28-34,36-38H,2,5,10,15-16,18,20-21H2,1H3/b4-3+,9-6?,12-7+,14-8+,17-11?,19-13?/t22-,23-,24+,25+,26-,28-,29+,30-,31-/m0/s1. The quantitative estimate of drug-likeness (QED) is 0.271. The van der Waals surface area contributed by atoms with E-state index in [-0.39, 0.29) is 12.5 Å². The van der Waals surface area contributed by atoms with Crippen LogP contribution in [0.15, 0.2) is 72.9 Å². The summed E-state index contributed by atoms with van der Waals surface area (Å²) in [6, 6.07) is 0. The number of carbonyl (C=O) groups is 1. The van der Waals surface area contributed by atoms with E-state index in [9.17, 15) is 35.4 Å². The average molecular weight is 579 g/mol. The molecule has 0 amide bonds. The van der Waals surface area contributed by atoms with E-state index in [1.54, 1.807) is 54.7 Å². The Morgan fingerprint density at radius 1 is 0.878 bits per heavy atom. The number of aliphatic hydroxyl groups is 6. The topological polar surface area (TPSA) is 166 Å². The van der Waals surface area contributed by atoms with Crippen molar-refractivity contribution in [3.63, 3.8) is 0 Å². The monoisotopic (exact) mass is 578 g/mol. The van der Waals surface area contributed by atoms with Crippen LogP contribution in [-0.4, -0.2) is 98.3 Å². The molecule has 0 bridgehead atoms. The first-order chi connectivity index (χ1) is 19.7. The van der Waals surface area contributed by atoms with E-state index in [1.807, 2.05) is 19.1 Å². The maximum atomic E-state index is 12.2. The van der Waals surface area contributed by atoms with Gasteiger partial charge >= 0.3 is 5.97 Å². The van der Waals surface area contributed by atoms with E-state index < -0.39 is 61.6 Å². The summed E-state index contributed by atoms with van der Waals surface area (Å²) >= 11 is 0. The summed E-state index contributed by atoms with van der Waals surface area (Å²) in [7, 11) is 0. The number of allylic oxidation sites excluding steroid dienone is 7. The number of hydrogen-bond donors (Lipinski definition) is 6. The van der Waals surface area contributed by atoms with E-state index in [2.05, 4.69) is 0 Å². The smallest absolute Gasteiger partial charge is 0.331 e. The molecule has 230 valence electrons. The lowest BCUT2D eigenvalue weighted by Crippen LogP contribution is -2.59. The molecule has 10 heteroatoms. The molecule has 0 aromatic carbocycles. The van der Waals surface area contributed by atoms with Crippen LogP contribution in [-0.2, 0) is 19.0 Å². The lowest BCUT2D eigenvalue weighted by molar-refractivity contribution is -0.307. The molecule has 2 aliphatic rings. The van der Waals surface area contributed by atoms with Gasteiger partial charge in [-0.3, -0.25) is 0 Å². The van der Waals surface area contributed by atoms with Gasteiger partial charge in [-0.15, -0.1) is 0 Å². The lowest BCUT2D eigenvalue weighted by atomic mass is 9.99. The molecule has 0 saturated carbocycles. The number of hydrogen-bond acceptors (Lipinski definition) is 10. The van der Waals surface area contributed by atoms with E-state index in [0.717, 1.165) is 19.3 Å². The Morgan fingerprint density at radius 3 is 2.34 bits per heavy atom. The van der Waals surface area contributed by atoms with Gasteiger partial charge < -0.3 is 44.8 Å². The first kappa shape index (κ1) is 34.8. The van der Waals surface area contributed by atoms with Gasteiger partial charge in [-0.1, -0.05) is 73.8 Å². The molecule has 1 saturated heterocycles. The lowest BCUT2D eigenvalue weighted by Gasteiger charge is -2.40. The maximum absolute atomic E-state index is 12.2. The molecule has 9 atom stereocenters. The van der Waals surface area contributed by atoms with Crippen LogP contribution >= 0.6 is 0 Å². The summed E-state index contributed by atoms with van der Waals surface area (Å²) < 4.78 is 16.9. The summed E-state index contributed by atoms with van der Waals surface area (Å²) in [5.41, 5.74) is 0. The first-order valence-electron chi connectivity index (χ1n) is 14.3. The Bertz CT molecular complexity index is 922. The second kappa shape index (κ2) is 19.7. The normalized spacial score (nSPS) is 37.5. The predicted molar refractivity (Wildman–Crippen MR) is 153 cm³/mol. The number of carbonyl (C=O) groups excluding carboxylic acids is 1. The van der Waals surface area contributed by atoms with Crippen molar-refractivity contribution in [1.82, 2.24) is 0 Å². The van der Waals surface area contributed by atoms with Gasteiger partial charge in [-0.25, -0.2) is 4.79 Å². The number of aliphatic hydroxyl groups excluding tert-OH is 6. The van der Waals surface area contributed by atoms with Crippen molar-refractivity contribution in [2.45, 2.75) is 107 Å². The summed E-state index contributed by atoms with van der Waals surface area (Å²) in [6.45, 7) is 1.39. The average Bonchev–Trinajstić information content (AvgIpc) is 2.94. The minimum atomic E-state index is -1.57. The zero-order valence-electron chi connectivity index (χ0n) is 23.6. The molecular formula is C31H46O10. The third-order valence-corrected chi connectivity index (χ3v) is 6.72. The van der Waals surface area contributed by atoms with Crippen molar-refractivity contribution >= 4 is 5.97 Å². The molecule has 1 fully saturated rings. The van der Waals surface area contributed by atoms with Gasteiger partial charge in [0.05, 0.1) is 24.9 Å². The Kier molecular flexibility index (Phi) is 16.7. The van der Waals surface area contributed by atoms with Crippen LogP contribution < -0.4 is 0 Å². The molecule has 2 aliphatic heterocycles. The van der Waals surface area contributed by atoms with Crippen molar-refractivity contribution in [1.29, 1.82) is 0 Å². The van der Waals surface area contributed by atoms with E-state index >= 15 is 0 Å². The van der Waals surface area contributed by atoms with Crippen LogP contribution in [0.3, 0.4) is 0 Å². The van der Waals surface area contributed by atoms with Crippen molar-refractivity contribution in [3.8, 4) is 0 Å². The number of cyclic esters (lactones) is 1. The third-order valence-electron chi connectivity index (χ3n) is 6.72. The minimum Gasteiger partial charge on any atom is -0.459 e. The van der Waals surface area contributed by atoms with Gasteiger partial charge in [0.1, 0.15) is 30.5 Å². The Balaban J connectivity index is 2.14. The fourth-order valence-corrected chi connectivity index (χ4v) is 4.29. The SMILES string of the molecule is CC[C@@H]1CCC/C=C/C=C/[C@H](O)C[C@@H](O)CC=CC=C[C@@H](O[C@H]2O[C@@H](CO)[C@H](O)[C@@H](O)[C@@H]2O)C/C=C/C=CC(=O)O1. The molecular weight excluding hydrogens is 532 g/mol. The van der Waals surface area contributed by atoms with Crippen molar-refractivity contribution in [2.24, 2.45) is 0 Å². The van der Waals surface area contributed by atoms with Crippen LogP contribution in [0.2, 0.25) is 0 Å². The molecule has 0 aliphatic carbocycles. The highest BCUT2D eigenvalue weighted by atomic mass is 16.7. The molecule has 0 spiro atoms. The van der Waals surface area contributed by atoms with Crippen LogP contribution in [0, 0.1) is 0 Å². The number of esters is 1. The van der Waals surface area contributed by atoms with Crippen LogP contribution in [0.25, 0.3) is 0 Å². The molecule has 0 aromatic rings. The van der Waals surface area contributed by atoms with Crippen molar-refractivity contribution in [2.75, 3.05) is 6.61 Å². The molecule has 0 radical (unpaired) electrons. The van der Waals surface area contributed by atoms with E-state index in [0.29, 0.717) is 19.3 Å². The second-order valence-electron chi connectivity index (χ2n) is 10.1. The van der Waals surface area contributed by atoms with E-state index in [4.69, 9.17) is 14.2 Å². The van der Waals surface area contributed by atoms with Crippen molar-refractivity contribution < 1.29 is 49.6 Å². The van der Waals surface area contributed by atoms with Gasteiger partial charge in [-0.05, 0) is 38.5 Å². The number of ether oxygens (including phenoxy) is 3. The zero-order valence-corrected chi connectivity index (χ0v) is 23.6. The summed E-state index contributed by atoms with van der Waals surface area (Å²) in [5.74, 6) is -0.440. The van der Waals surface area contributed by atoms with Crippen LogP contribution in [0.5, 0.6) is 0 Å². The first-order valence-corrected chi connectivity index (χ1v) is 14.3. The molecule has 2 rings (SSSR count). The molecule has 0 unspecified atom stereocenters. The highest BCUT2D eigenvalue weighted by molar-refractivity contribution is 5.82. The largest absolute Gasteiger partial charge is 0.459 e. The van der Waals surface area contributed by atoms with Gasteiger partial charge in [0.2, 0.25) is 0 Å². The zero-order chi connectivity index (χ0) is 30.0. The van der Waals surface area contributed by atoms with E-state index in [1.165, 1.54) is 6.08 Å². The summed E-state index contributed by atoms with van der Waals surface area (Å²) in [4.78, 5) is 12.2. The van der Waals surface area contributed by atoms with Gasteiger partial charge in [-0.2, -0.15) is 0 Å². The van der Waals surface area contributed by atoms with Gasteiger partial charge in [0.25, 0.3) is 0 Å². The predicted octanol–water partition coefficient (Wildman–Crippen LogP) is 1.91. The fourth-order valence-electron chi connectivity index (χ4n) is 4.29. The molecule has 6 N–H and O–H groups in total. The fraction of sp³-hybridized carbons (Fsp3) is 0.581. The van der Waals surface area contributed by atoms with Crippen molar-refractivity contribution in [3.05, 3.63) is 72.9 Å². The Labute approximate surface area is 242 Å². The van der Waals surface area contributed by atoms with Gasteiger partial charge in [0, 0.05) is 12.5 Å². The molecule has 2 heterocycles. The maximum Gasteiger partial charge on any atom is 0.331 e. The molecule has 10 nitrogen and oxygen atoms in total. The highest BCUT2D eigenvalue weighted by Crippen LogP contribution is 2.24. The van der Waals surface area contributed by atoms with Gasteiger partial charge in [0.15, 0.2) is 6.29 Å². The molecule has 0 aromatic heterocycles. The molecule has 41 heavy (non-hydrogen) atoms. The number of rotatable bonds is 4. The summed E-state index contributed by atoms with van der Waals surface area (Å²) in [6.07, 6.45) is 14.8. The van der Waals surface area contributed by atoms with Crippen LogP contribution in [0.4, 0.5) is 0 Å². The minimum absolute atomic E-state index is 0.184. The Morgan fingerprint density at radius 2 is 1.59 bits per heavy atom. The van der Waals surface area contributed by atoms with Crippen LogP contribution in [0.1, 0.15) is 51.9 Å². The highest BCUT2D eigenvalue weighted by Gasteiger charge is 2.44.